The Labute approximate surface area is 175 Å². The Morgan fingerprint density at radius 2 is 1.90 bits per heavy atom. The molecule has 2 N–H and O–H groups in total. The van der Waals surface area contributed by atoms with Gasteiger partial charge in [-0.2, -0.15) is 0 Å². The monoisotopic (exact) mass is 399 g/mol. The molecule has 0 bridgehead atoms. The normalized spacial score (nSPS) is 24.4. The van der Waals surface area contributed by atoms with Crippen molar-refractivity contribution in [1.82, 2.24) is 10.6 Å². The topological polar surface area (TPSA) is 53.6 Å². The highest BCUT2D eigenvalue weighted by molar-refractivity contribution is 5.69. The molecule has 29 heavy (non-hydrogen) atoms. The third-order valence-corrected chi connectivity index (χ3v) is 5.69. The fourth-order valence-corrected chi connectivity index (χ4v) is 4.25. The number of amides is 1. The molecule has 2 atom stereocenters. The smallest absolute Gasteiger partial charge is 0.411 e. The van der Waals surface area contributed by atoms with Crippen LogP contribution in [0.5, 0.6) is 0 Å². The first kappa shape index (κ1) is 21.7. The summed E-state index contributed by atoms with van der Waals surface area (Å²) in [5.41, 5.74) is 3.42. The maximum absolute atomic E-state index is 12.0. The van der Waals surface area contributed by atoms with Crippen LogP contribution in [0.3, 0.4) is 0 Å². The molecule has 1 amide bonds. The number of hydrogen-bond acceptors (Lipinski definition) is 4. The van der Waals surface area contributed by atoms with Crippen molar-refractivity contribution >= 4 is 11.8 Å². The van der Waals surface area contributed by atoms with Gasteiger partial charge in [0.1, 0.15) is 5.60 Å². The van der Waals surface area contributed by atoms with E-state index in [1.165, 1.54) is 42.5 Å². The van der Waals surface area contributed by atoms with Gasteiger partial charge >= 0.3 is 6.09 Å². The zero-order valence-corrected chi connectivity index (χ0v) is 18.5. The van der Waals surface area contributed by atoms with Crippen molar-refractivity contribution in [2.75, 3.05) is 18.0 Å². The Bertz CT molecular complexity index is 706. The van der Waals surface area contributed by atoms with E-state index in [1.807, 2.05) is 27.0 Å². The van der Waals surface area contributed by atoms with Crippen LogP contribution in [-0.4, -0.2) is 36.9 Å². The van der Waals surface area contributed by atoms with Gasteiger partial charge in [-0.3, -0.25) is 5.32 Å². The number of aryl methyl sites for hydroxylation is 1. The van der Waals surface area contributed by atoms with Gasteiger partial charge in [0.05, 0.1) is 0 Å². The zero-order valence-electron chi connectivity index (χ0n) is 18.5. The molecule has 2 aliphatic rings. The SMILES string of the molecule is Cc1ccc(N2CCCC(NC3CCCC/C3=C/NC(=O)OC(C)(C)C)C2)cc1. The molecule has 1 aliphatic heterocycles. The molecule has 0 radical (unpaired) electrons. The lowest BCUT2D eigenvalue weighted by Gasteiger charge is -2.38. The molecular formula is C24H37N3O2. The van der Waals surface area contributed by atoms with Gasteiger partial charge in [-0.05, 0) is 77.5 Å². The number of nitrogens with one attached hydrogen (secondary N) is 2. The molecule has 1 saturated heterocycles. The van der Waals surface area contributed by atoms with E-state index in [4.69, 9.17) is 4.74 Å². The lowest BCUT2D eigenvalue weighted by atomic mass is 9.89. The molecule has 5 heteroatoms. The van der Waals surface area contributed by atoms with E-state index < -0.39 is 5.60 Å². The van der Waals surface area contributed by atoms with Gasteiger partial charge in [-0.25, -0.2) is 4.79 Å². The van der Waals surface area contributed by atoms with Crippen molar-refractivity contribution < 1.29 is 9.53 Å². The predicted molar refractivity (Wildman–Crippen MR) is 119 cm³/mol. The first-order valence-corrected chi connectivity index (χ1v) is 11.1. The number of carbonyl (C=O) groups excluding carboxylic acids is 1. The van der Waals surface area contributed by atoms with Crippen LogP contribution in [0, 0.1) is 6.92 Å². The number of nitrogens with zero attached hydrogens (tertiary/aromatic N) is 1. The van der Waals surface area contributed by atoms with Crippen LogP contribution in [0.25, 0.3) is 0 Å². The van der Waals surface area contributed by atoms with Crippen LogP contribution < -0.4 is 15.5 Å². The maximum Gasteiger partial charge on any atom is 0.411 e. The largest absolute Gasteiger partial charge is 0.444 e. The van der Waals surface area contributed by atoms with Crippen molar-refractivity contribution in [3.05, 3.63) is 41.6 Å². The van der Waals surface area contributed by atoms with Crippen LogP contribution in [0.15, 0.2) is 36.0 Å². The van der Waals surface area contributed by atoms with E-state index >= 15 is 0 Å². The molecule has 1 aromatic rings. The number of ether oxygens (including phenoxy) is 1. The lowest BCUT2D eigenvalue weighted by molar-refractivity contribution is 0.0551. The van der Waals surface area contributed by atoms with Gasteiger partial charge in [0.15, 0.2) is 0 Å². The Balaban J connectivity index is 1.58. The molecule has 0 spiro atoms. The van der Waals surface area contributed by atoms with E-state index in [1.54, 1.807) is 0 Å². The number of alkyl carbamates (subject to hydrolysis) is 1. The average Bonchev–Trinajstić information content (AvgIpc) is 2.67. The van der Waals surface area contributed by atoms with E-state index in [0.717, 1.165) is 25.9 Å². The molecule has 3 rings (SSSR count). The minimum absolute atomic E-state index is 0.335. The van der Waals surface area contributed by atoms with Crippen LogP contribution in [0.2, 0.25) is 0 Å². The van der Waals surface area contributed by atoms with Gasteiger partial charge in [-0.15, -0.1) is 0 Å². The Kier molecular flexibility index (Phi) is 7.23. The van der Waals surface area contributed by atoms with Gasteiger partial charge in [0, 0.05) is 37.1 Å². The molecule has 1 heterocycles. The molecule has 1 aromatic carbocycles. The lowest BCUT2D eigenvalue weighted by Crippen LogP contribution is -2.50. The Morgan fingerprint density at radius 1 is 1.14 bits per heavy atom. The highest BCUT2D eigenvalue weighted by Gasteiger charge is 2.26. The molecule has 160 valence electrons. The first-order chi connectivity index (χ1) is 13.8. The fraction of sp³-hybridized carbons (Fsp3) is 0.625. The van der Waals surface area contributed by atoms with Crippen LogP contribution in [0.1, 0.15) is 64.9 Å². The summed E-state index contributed by atoms with van der Waals surface area (Å²) < 4.78 is 5.36. The summed E-state index contributed by atoms with van der Waals surface area (Å²) in [6, 6.07) is 9.65. The van der Waals surface area contributed by atoms with Crippen LogP contribution >= 0.6 is 0 Å². The Hall–Kier alpha value is -2.01. The molecule has 2 fully saturated rings. The standard InChI is InChI=1S/C24H37N3O2/c1-18-11-13-21(14-12-18)27-15-7-9-20(17-27)26-22-10-6-5-8-19(22)16-25-23(28)29-24(2,3)4/h11-14,16,20,22,26H,5-10,15,17H2,1-4H3,(H,25,28)/b19-16-. The summed E-state index contributed by atoms with van der Waals surface area (Å²) in [6.45, 7) is 9.93. The fourth-order valence-electron chi connectivity index (χ4n) is 4.25. The average molecular weight is 400 g/mol. The molecular weight excluding hydrogens is 362 g/mol. The number of rotatable bonds is 4. The van der Waals surface area contributed by atoms with E-state index in [2.05, 4.69) is 46.7 Å². The quantitative estimate of drug-likeness (QED) is 0.756. The number of benzene rings is 1. The van der Waals surface area contributed by atoms with Gasteiger partial charge < -0.3 is 15.0 Å². The zero-order chi connectivity index (χ0) is 20.9. The van der Waals surface area contributed by atoms with E-state index in [0.29, 0.717) is 12.1 Å². The minimum Gasteiger partial charge on any atom is -0.444 e. The summed E-state index contributed by atoms with van der Waals surface area (Å²) in [5.74, 6) is 0. The summed E-state index contributed by atoms with van der Waals surface area (Å²) in [6.07, 6.45) is 8.48. The third-order valence-electron chi connectivity index (χ3n) is 5.69. The molecule has 0 aromatic heterocycles. The summed E-state index contributed by atoms with van der Waals surface area (Å²) in [5, 5.41) is 6.73. The van der Waals surface area contributed by atoms with Gasteiger partial charge in [0.25, 0.3) is 0 Å². The molecule has 2 unspecified atom stereocenters. The molecule has 1 saturated carbocycles. The van der Waals surface area contributed by atoms with Crippen molar-refractivity contribution in [3.63, 3.8) is 0 Å². The summed E-state index contributed by atoms with van der Waals surface area (Å²) in [7, 11) is 0. The molecule has 1 aliphatic carbocycles. The minimum atomic E-state index is -0.478. The van der Waals surface area contributed by atoms with Crippen molar-refractivity contribution in [1.29, 1.82) is 0 Å². The highest BCUT2D eigenvalue weighted by Crippen LogP contribution is 2.26. The van der Waals surface area contributed by atoms with Crippen molar-refractivity contribution in [2.24, 2.45) is 0 Å². The number of piperidine rings is 1. The van der Waals surface area contributed by atoms with Crippen molar-refractivity contribution in [2.45, 2.75) is 83.9 Å². The van der Waals surface area contributed by atoms with Crippen molar-refractivity contribution in [3.8, 4) is 0 Å². The van der Waals surface area contributed by atoms with Crippen LogP contribution in [0.4, 0.5) is 10.5 Å². The highest BCUT2D eigenvalue weighted by atomic mass is 16.6. The number of anilines is 1. The van der Waals surface area contributed by atoms with Crippen LogP contribution in [-0.2, 0) is 4.74 Å². The third kappa shape index (κ3) is 6.77. The first-order valence-electron chi connectivity index (χ1n) is 11.1. The maximum atomic E-state index is 12.0. The van der Waals surface area contributed by atoms with E-state index in [-0.39, 0.29) is 6.09 Å². The Morgan fingerprint density at radius 3 is 2.62 bits per heavy atom. The number of carbonyl (C=O) groups is 1. The number of hydrogen-bond donors (Lipinski definition) is 2. The summed E-state index contributed by atoms with van der Waals surface area (Å²) >= 11 is 0. The van der Waals surface area contributed by atoms with Gasteiger partial charge in [-0.1, -0.05) is 24.1 Å². The predicted octanol–water partition coefficient (Wildman–Crippen LogP) is 4.90. The second kappa shape index (κ2) is 9.66. The van der Waals surface area contributed by atoms with E-state index in [9.17, 15) is 4.79 Å². The second-order valence-electron chi connectivity index (χ2n) is 9.45. The van der Waals surface area contributed by atoms with Gasteiger partial charge in [0.2, 0.25) is 0 Å². The summed E-state index contributed by atoms with van der Waals surface area (Å²) in [4.78, 5) is 14.5. The molecule has 5 nitrogen and oxygen atoms in total. The second-order valence-corrected chi connectivity index (χ2v) is 9.45.